The summed E-state index contributed by atoms with van der Waals surface area (Å²) in [7, 11) is -2.98. The van der Waals surface area contributed by atoms with Crippen molar-refractivity contribution >= 4 is 10.1 Å². The van der Waals surface area contributed by atoms with Gasteiger partial charge in [-0.3, -0.25) is 0 Å². The van der Waals surface area contributed by atoms with Gasteiger partial charge in [0.15, 0.2) is 0 Å². The Morgan fingerprint density at radius 3 is 1.59 bits per heavy atom. The number of hydrogen-bond acceptors (Lipinski definition) is 4. The maximum atomic E-state index is 10.2. The van der Waals surface area contributed by atoms with Crippen molar-refractivity contribution in [3.8, 4) is 0 Å². The molecule has 0 radical (unpaired) electrons. The Labute approximate surface area is 128 Å². The molecule has 17 heavy (non-hydrogen) atoms. The average Bonchev–Trinajstić information content (AvgIpc) is 2.23. The monoisotopic (exact) mass is 276 g/mol. The zero-order valence-electron chi connectivity index (χ0n) is 11.4. The second kappa shape index (κ2) is 16.9. The molecular formula is C11H25NaO4S. The van der Waals surface area contributed by atoms with Crippen LogP contribution in [0, 0.1) is 0 Å². The molecule has 0 atom stereocenters. The van der Waals surface area contributed by atoms with Gasteiger partial charge in [-0.25, -0.2) is 8.42 Å². The molecule has 0 amide bonds. The van der Waals surface area contributed by atoms with Crippen LogP contribution in [0.15, 0.2) is 0 Å². The third-order valence-corrected chi connectivity index (χ3v) is 3.04. The van der Waals surface area contributed by atoms with Crippen LogP contribution < -0.4 is 29.6 Å². The molecule has 0 bridgehead atoms. The minimum atomic E-state index is -3.98. The Morgan fingerprint density at radius 2 is 1.24 bits per heavy atom. The van der Waals surface area contributed by atoms with E-state index in [4.69, 9.17) is 5.11 Å². The number of aliphatic hydroxyl groups excluding tert-OH is 1. The van der Waals surface area contributed by atoms with Crippen LogP contribution in [0.25, 0.3) is 0 Å². The largest absolute Gasteiger partial charge is 1.00 e. The van der Waals surface area contributed by atoms with E-state index in [1.54, 1.807) is 0 Å². The number of hydrogen-bond donors (Lipinski definition) is 1. The van der Waals surface area contributed by atoms with E-state index in [9.17, 15) is 13.0 Å². The van der Waals surface area contributed by atoms with Gasteiger partial charge in [-0.15, -0.1) is 0 Å². The van der Waals surface area contributed by atoms with Crippen LogP contribution in [-0.2, 0) is 10.1 Å². The van der Waals surface area contributed by atoms with Gasteiger partial charge < -0.3 is 9.66 Å². The van der Waals surface area contributed by atoms with Crippen molar-refractivity contribution in [2.75, 3.05) is 12.9 Å². The molecule has 0 saturated heterocycles. The van der Waals surface area contributed by atoms with E-state index in [0.29, 0.717) is 6.42 Å². The van der Waals surface area contributed by atoms with Crippen molar-refractivity contribution in [2.24, 2.45) is 0 Å². The molecule has 0 aliphatic carbocycles. The van der Waals surface area contributed by atoms with Gasteiger partial charge in [0.1, 0.15) is 0 Å². The number of rotatable bonds is 9. The van der Waals surface area contributed by atoms with Crippen molar-refractivity contribution in [1.82, 2.24) is 0 Å². The average molecular weight is 276 g/mol. The van der Waals surface area contributed by atoms with Crippen LogP contribution in [0.1, 0.15) is 58.3 Å². The molecule has 0 saturated carbocycles. The minimum absolute atomic E-state index is 0. The van der Waals surface area contributed by atoms with E-state index in [0.717, 1.165) is 20.0 Å². The Bertz CT molecular complexity index is 218. The first-order valence-electron chi connectivity index (χ1n) is 5.94. The van der Waals surface area contributed by atoms with Gasteiger partial charge in [-0.1, -0.05) is 51.9 Å². The van der Waals surface area contributed by atoms with Gasteiger partial charge in [0, 0.05) is 12.9 Å². The quantitative estimate of drug-likeness (QED) is 0.343. The molecule has 0 heterocycles. The first kappa shape index (κ1) is 23.0. The summed E-state index contributed by atoms with van der Waals surface area (Å²) in [6.45, 7) is 2.18. The predicted octanol–water partition coefficient (Wildman–Crippen LogP) is -0.715. The predicted molar refractivity (Wildman–Crippen MR) is 65.3 cm³/mol. The fourth-order valence-corrected chi connectivity index (χ4v) is 1.97. The molecule has 0 spiro atoms. The molecule has 100 valence electrons. The van der Waals surface area contributed by atoms with Gasteiger partial charge in [-0.05, 0) is 6.42 Å². The van der Waals surface area contributed by atoms with Gasteiger partial charge >= 0.3 is 29.6 Å². The Balaban J connectivity index is -0.000000616. The second-order valence-electron chi connectivity index (χ2n) is 3.74. The van der Waals surface area contributed by atoms with Gasteiger partial charge in [0.25, 0.3) is 0 Å². The summed E-state index contributed by atoms with van der Waals surface area (Å²) in [5, 5.41) is 7.00. The molecule has 0 aromatic rings. The van der Waals surface area contributed by atoms with E-state index < -0.39 is 10.1 Å². The summed E-state index contributed by atoms with van der Waals surface area (Å²) < 4.78 is 30.7. The van der Waals surface area contributed by atoms with Crippen LogP contribution in [0.2, 0.25) is 0 Å². The summed E-state index contributed by atoms with van der Waals surface area (Å²) in [5.41, 5.74) is 0. The smallest absolute Gasteiger partial charge is 0.748 e. The normalized spacial score (nSPS) is 10.1. The van der Waals surface area contributed by atoms with Crippen LogP contribution in [0.3, 0.4) is 0 Å². The third kappa shape index (κ3) is 26.5. The van der Waals surface area contributed by atoms with Crippen molar-refractivity contribution in [3.63, 3.8) is 0 Å². The molecule has 0 rings (SSSR count). The first-order valence-corrected chi connectivity index (χ1v) is 7.52. The van der Waals surface area contributed by atoms with Gasteiger partial charge in [0.2, 0.25) is 0 Å². The number of aliphatic hydroxyl groups is 1. The molecule has 6 heteroatoms. The molecule has 0 aromatic carbocycles. The molecule has 1 N–H and O–H groups in total. The van der Waals surface area contributed by atoms with E-state index >= 15 is 0 Å². The summed E-state index contributed by atoms with van der Waals surface area (Å²) in [6, 6.07) is 0. The fourth-order valence-electron chi connectivity index (χ4n) is 1.41. The van der Waals surface area contributed by atoms with E-state index in [2.05, 4.69) is 6.92 Å². The fraction of sp³-hybridized carbons (Fsp3) is 1.00. The molecule has 0 aromatic heterocycles. The first-order chi connectivity index (χ1) is 7.56. The Morgan fingerprint density at radius 1 is 0.882 bits per heavy atom. The summed E-state index contributed by atoms with van der Waals surface area (Å²) in [6.07, 6.45) is 8.66. The molecular weight excluding hydrogens is 251 g/mol. The van der Waals surface area contributed by atoms with Crippen LogP contribution in [0.4, 0.5) is 0 Å². The molecule has 0 aliphatic rings. The van der Waals surface area contributed by atoms with Crippen molar-refractivity contribution in [3.05, 3.63) is 0 Å². The maximum absolute atomic E-state index is 10.2. The van der Waals surface area contributed by atoms with Crippen LogP contribution >= 0.6 is 0 Å². The zero-order valence-corrected chi connectivity index (χ0v) is 14.3. The zero-order chi connectivity index (χ0) is 12.9. The molecule has 0 unspecified atom stereocenters. The van der Waals surface area contributed by atoms with E-state index in [1.165, 1.54) is 32.1 Å². The van der Waals surface area contributed by atoms with Gasteiger partial charge in [0.05, 0.1) is 10.1 Å². The minimum Gasteiger partial charge on any atom is -0.748 e. The third-order valence-electron chi connectivity index (χ3n) is 2.25. The van der Waals surface area contributed by atoms with E-state index in [1.807, 2.05) is 0 Å². The van der Waals surface area contributed by atoms with Crippen molar-refractivity contribution in [1.29, 1.82) is 0 Å². The number of unbranched alkanes of at least 4 members (excludes halogenated alkanes) is 7. The molecule has 0 aliphatic heterocycles. The Kier molecular flexibility index (Phi) is 22.8. The standard InChI is InChI=1S/C10H22O3S.CH4O.Na/c1-2-3-4-5-6-7-8-9-10-14(11,12)13;1-2;/h2-10H2,1H3,(H,11,12,13);2H,1H3;/q;;+1/p-1. The molecule has 4 nitrogen and oxygen atoms in total. The Hall–Kier alpha value is 0.870. The summed E-state index contributed by atoms with van der Waals surface area (Å²) in [4.78, 5) is 0. The molecule has 0 fully saturated rings. The summed E-state index contributed by atoms with van der Waals surface area (Å²) >= 11 is 0. The van der Waals surface area contributed by atoms with E-state index in [-0.39, 0.29) is 35.3 Å². The maximum Gasteiger partial charge on any atom is 1.00 e. The SMILES string of the molecule is CCCCCCCCCCS(=O)(=O)[O-].CO.[Na+]. The van der Waals surface area contributed by atoms with Crippen molar-refractivity contribution < 1.29 is 47.6 Å². The second-order valence-corrected chi connectivity index (χ2v) is 5.26. The van der Waals surface area contributed by atoms with Crippen LogP contribution in [0.5, 0.6) is 0 Å². The van der Waals surface area contributed by atoms with Crippen LogP contribution in [-0.4, -0.2) is 30.9 Å². The summed E-state index contributed by atoms with van der Waals surface area (Å²) in [5.74, 6) is -0.193. The van der Waals surface area contributed by atoms with Gasteiger partial charge in [-0.2, -0.15) is 0 Å². The topological polar surface area (TPSA) is 77.4 Å². The van der Waals surface area contributed by atoms with Crippen molar-refractivity contribution in [2.45, 2.75) is 58.3 Å².